The van der Waals surface area contributed by atoms with E-state index in [-0.39, 0.29) is 22.1 Å². The van der Waals surface area contributed by atoms with Gasteiger partial charge in [-0.3, -0.25) is 19.1 Å². The molecule has 0 unspecified atom stereocenters. The third kappa shape index (κ3) is 5.07. The fourth-order valence-corrected chi connectivity index (χ4v) is 4.20. The lowest BCUT2D eigenvalue weighted by Gasteiger charge is -2.12. The van der Waals surface area contributed by atoms with Crippen molar-refractivity contribution in [3.05, 3.63) is 97.1 Å². The second-order valence-corrected chi connectivity index (χ2v) is 8.36. The number of rotatable bonds is 8. The molecule has 1 aliphatic heterocycles. The van der Waals surface area contributed by atoms with E-state index in [2.05, 4.69) is 15.3 Å². The molecule has 1 amide bonds. The van der Waals surface area contributed by atoms with E-state index in [4.69, 9.17) is 12.2 Å². The highest BCUT2D eigenvalue weighted by Crippen LogP contribution is 2.24. The van der Waals surface area contributed by atoms with Crippen molar-refractivity contribution in [2.75, 3.05) is 6.54 Å². The monoisotopic (exact) mass is 474 g/mol. The minimum Gasteiger partial charge on any atom is -0.494 e. The molecule has 2 aromatic carbocycles. The Morgan fingerprint density at radius 2 is 1.88 bits per heavy atom. The normalized spacial score (nSPS) is 13.6. The van der Waals surface area contributed by atoms with Gasteiger partial charge in [0.2, 0.25) is 11.8 Å². The zero-order valence-electron chi connectivity index (χ0n) is 18.9. The molecular weight excluding hydrogens is 448 g/mol. The molecule has 0 atom stereocenters. The molecule has 4 rings (SSSR count). The number of H-pyrrole nitrogens is 1. The summed E-state index contributed by atoms with van der Waals surface area (Å²) < 4.78 is 1.69. The molecule has 0 saturated carbocycles. The van der Waals surface area contributed by atoms with Crippen LogP contribution >= 0.6 is 12.2 Å². The molecule has 0 saturated heterocycles. The van der Waals surface area contributed by atoms with Gasteiger partial charge in [0.05, 0.1) is 11.1 Å². The van der Waals surface area contributed by atoms with Crippen LogP contribution in [0.4, 0.5) is 0 Å². The minimum atomic E-state index is -0.476. The van der Waals surface area contributed by atoms with E-state index in [0.29, 0.717) is 38.0 Å². The van der Waals surface area contributed by atoms with Gasteiger partial charge in [0.25, 0.3) is 5.56 Å². The van der Waals surface area contributed by atoms with Crippen LogP contribution in [0.25, 0.3) is 11.6 Å². The lowest BCUT2D eigenvalue weighted by atomic mass is 10.1. The maximum atomic E-state index is 12.7. The van der Waals surface area contributed by atoms with Crippen LogP contribution in [-0.4, -0.2) is 27.1 Å². The number of aromatic nitrogens is 2. The Bertz CT molecular complexity index is 1490. The number of benzene rings is 2. The molecule has 2 heterocycles. The predicted molar refractivity (Wildman–Crippen MR) is 134 cm³/mol. The summed E-state index contributed by atoms with van der Waals surface area (Å²) in [6.45, 7) is 2.67. The van der Waals surface area contributed by atoms with Gasteiger partial charge in [-0.15, -0.1) is 0 Å². The summed E-state index contributed by atoms with van der Waals surface area (Å²) >= 11 is 5.32. The van der Waals surface area contributed by atoms with Crippen LogP contribution in [0.1, 0.15) is 30.9 Å². The number of hydrogen-bond acceptors (Lipinski definition) is 5. The van der Waals surface area contributed by atoms with E-state index in [0.717, 1.165) is 21.7 Å². The van der Waals surface area contributed by atoms with Crippen molar-refractivity contribution in [1.82, 2.24) is 14.9 Å². The Hall–Kier alpha value is -3.78. The number of nitrogens with zero attached hydrogens (tertiary/aromatic N) is 2. The summed E-state index contributed by atoms with van der Waals surface area (Å²) in [5.74, 6) is -0.217. The second kappa shape index (κ2) is 10.4. The molecular formula is C26H26N4O3S. The van der Waals surface area contributed by atoms with Gasteiger partial charge in [0.1, 0.15) is 5.56 Å². The van der Waals surface area contributed by atoms with E-state index >= 15 is 0 Å². The van der Waals surface area contributed by atoms with Crippen molar-refractivity contribution >= 4 is 29.8 Å². The SMILES string of the molecule is CCC(=O)NCCC1=c2ccccc2=N/C1=C\c1c(O)n(CCc2ccccc2)c(=S)[nH]c1=O. The molecule has 0 radical (unpaired) electrons. The van der Waals surface area contributed by atoms with E-state index in [1.165, 1.54) is 4.57 Å². The molecule has 0 spiro atoms. The van der Waals surface area contributed by atoms with Crippen LogP contribution in [0.15, 0.2) is 70.1 Å². The summed E-state index contributed by atoms with van der Waals surface area (Å²) in [4.78, 5) is 31.8. The largest absolute Gasteiger partial charge is 0.494 e. The van der Waals surface area contributed by atoms with Crippen LogP contribution in [-0.2, 0) is 17.8 Å². The number of aromatic amines is 1. The highest BCUT2D eigenvalue weighted by molar-refractivity contribution is 7.71. The standard InChI is InChI=1S/C26H26N4O3S/c1-2-23(31)27-14-12-19-18-10-6-7-11-21(18)28-22(19)16-20-24(32)29-26(34)30(25(20)33)15-13-17-8-4-3-5-9-17/h3-11,16,33H,2,12-15H2,1H3,(H,27,31)(H,29,32,34)/b22-16-. The minimum absolute atomic E-state index is 0.0241. The van der Waals surface area contributed by atoms with Crippen LogP contribution in [0.2, 0.25) is 0 Å². The van der Waals surface area contributed by atoms with E-state index in [1.54, 1.807) is 13.0 Å². The molecule has 7 nitrogen and oxygen atoms in total. The lowest BCUT2D eigenvalue weighted by molar-refractivity contribution is -0.120. The number of nitrogens with one attached hydrogen (secondary N) is 2. The number of aromatic hydroxyl groups is 1. The zero-order chi connectivity index (χ0) is 24.1. The summed E-state index contributed by atoms with van der Waals surface area (Å²) in [5, 5.41) is 15.6. The highest BCUT2D eigenvalue weighted by atomic mass is 32.1. The number of aryl methyl sites for hydroxylation is 1. The van der Waals surface area contributed by atoms with Crippen molar-refractivity contribution in [2.45, 2.75) is 32.7 Å². The number of amides is 1. The van der Waals surface area contributed by atoms with Gasteiger partial charge < -0.3 is 10.4 Å². The molecule has 8 heteroatoms. The third-order valence-corrected chi connectivity index (χ3v) is 6.07. The lowest BCUT2D eigenvalue weighted by Crippen LogP contribution is -2.26. The molecule has 1 aromatic heterocycles. The molecule has 0 aliphatic carbocycles. The van der Waals surface area contributed by atoms with Crippen molar-refractivity contribution in [3.8, 4) is 5.88 Å². The summed E-state index contributed by atoms with van der Waals surface area (Å²) in [6, 6.07) is 17.6. The summed E-state index contributed by atoms with van der Waals surface area (Å²) in [5.41, 5.74) is 2.21. The maximum absolute atomic E-state index is 12.7. The second-order valence-electron chi connectivity index (χ2n) is 7.97. The molecule has 1 aliphatic rings. The number of hydrogen-bond donors (Lipinski definition) is 3. The van der Waals surface area contributed by atoms with Crippen molar-refractivity contribution in [2.24, 2.45) is 4.99 Å². The van der Waals surface area contributed by atoms with Gasteiger partial charge >= 0.3 is 0 Å². The number of allylic oxidation sites excluding steroid dienone is 1. The van der Waals surface area contributed by atoms with Gasteiger partial charge in [0.15, 0.2) is 4.77 Å². The first-order valence-electron chi connectivity index (χ1n) is 11.2. The van der Waals surface area contributed by atoms with Crippen molar-refractivity contribution in [3.63, 3.8) is 0 Å². The van der Waals surface area contributed by atoms with Crippen LogP contribution < -0.4 is 21.5 Å². The number of fused-ring (bicyclic) bond motifs is 1. The smallest absolute Gasteiger partial charge is 0.262 e. The Balaban J connectivity index is 1.71. The van der Waals surface area contributed by atoms with Gasteiger partial charge in [-0.1, -0.05) is 55.5 Å². The third-order valence-electron chi connectivity index (χ3n) is 5.75. The van der Waals surface area contributed by atoms with Crippen LogP contribution in [0.3, 0.4) is 0 Å². The van der Waals surface area contributed by atoms with Gasteiger partial charge in [-0.25, -0.2) is 4.99 Å². The molecule has 0 bridgehead atoms. The van der Waals surface area contributed by atoms with E-state index in [9.17, 15) is 14.7 Å². The van der Waals surface area contributed by atoms with Gasteiger partial charge in [-0.2, -0.15) is 0 Å². The van der Waals surface area contributed by atoms with Crippen LogP contribution in [0, 0.1) is 4.77 Å². The molecule has 3 aromatic rings. The quantitative estimate of drug-likeness (QED) is 0.437. The average molecular weight is 475 g/mol. The fourth-order valence-electron chi connectivity index (χ4n) is 3.93. The van der Waals surface area contributed by atoms with Crippen molar-refractivity contribution < 1.29 is 9.90 Å². The fraction of sp³-hybridized carbons (Fsp3) is 0.231. The first-order chi connectivity index (χ1) is 16.5. The van der Waals surface area contributed by atoms with Gasteiger partial charge in [0, 0.05) is 24.7 Å². The molecule has 174 valence electrons. The zero-order valence-corrected chi connectivity index (χ0v) is 19.7. The van der Waals surface area contributed by atoms with E-state index < -0.39 is 5.56 Å². The number of para-hydroxylation sites is 1. The Morgan fingerprint density at radius 3 is 2.65 bits per heavy atom. The Kier molecular flexibility index (Phi) is 7.18. The van der Waals surface area contributed by atoms with Gasteiger partial charge in [-0.05, 0) is 48.3 Å². The topological polar surface area (TPSA) is 99.5 Å². The van der Waals surface area contributed by atoms with E-state index in [1.807, 2.05) is 54.6 Å². The molecule has 34 heavy (non-hydrogen) atoms. The summed E-state index contributed by atoms with van der Waals surface area (Å²) in [7, 11) is 0. The average Bonchev–Trinajstić information content (AvgIpc) is 3.19. The highest BCUT2D eigenvalue weighted by Gasteiger charge is 2.17. The van der Waals surface area contributed by atoms with Crippen LogP contribution in [0.5, 0.6) is 5.88 Å². The Labute approximate surface area is 201 Å². The first-order valence-corrected chi connectivity index (χ1v) is 11.6. The first kappa shape index (κ1) is 23.4. The molecule has 0 fully saturated rings. The Morgan fingerprint density at radius 1 is 1.15 bits per heavy atom. The predicted octanol–water partition coefficient (Wildman–Crippen LogP) is 2.60. The maximum Gasteiger partial charge on any atom is 0.262 e. The summed E-state index contributed by atoms with van der Waals surface area (Å²) in [6.07, 6.45) is 3.20. The molecule has 3 N–H and O–H groups in total. The number of carbonyl (C=O) groups is 1. The number of carbonyl (C=O) groups excluding carboxylic acids is 1. The van der Waals surface area contributed by atoms with Crippen molar-refractivity contribution in [1.29, 1.82) is 0 Å².